The summed E-state index contributed by atoms with van der Waals surface area (Å²) in [5.74, 6) is -0.0729. The first-order valence-corrected chi connectivity index (χ1v) is 7.16. The molecule has 1 aliphatic carbocycles. The van der Waals surface area contributed by atoms with Gasteiger partial charge in [-0.05, 0) is 39.2 Å². The van der Waals surface area contributed by atoms with Crippen LogP contribution in [0.25, 0.3) is 0 Å². The zero-order chi connectivity index (χ0) is 14.5. The van der Waals surface area contributed by atoms with Crippen LogP contribution in [0.1, 0.15) is 33.6 Å². The van der Waals surface area contributed by atoms with Crippen LogP contribution in [0.3, 0.4) is 0 Å². The van der Waals surface area contributed by atoms with Gasteiger partial charge in [-0.2, -0.15) is 0 Å². The van der Waals surface area contributed by atoms with Gasteiger partial charge in [-0.25, -0.2) is 0 Å². The first-order chi connectivity index (χ1) is 8.94. The summed E-state index contributed by atoms with van der Waals surface area (Å²) in [7, 11) is 1.68. The van der Waals surface area contributed by atoms with Crippen molar-refractivity contribution in [3.8, 4) is 0 Å². The van der Waals surface area contributed by atoms with Gasteiger partial charge in [-0.1, -0.05) is 6.92 Å². The van der Waals surface area contributed by atoms with Crippen LogP contribution in [0.2, 0.25) is 0 Å². The Morgan fingerprint density at radius 3 is 2.63 bits per heavy atom. The zero-order valence-electron chi connectivity index (χ0n) is 12.6. The topological polar surface area (TPSA) is 61.8 Å². The van der Waals surface area contributed by atoms with Crippen molar-refractivity contribution in [3.63, 3.8) is 0 Å². The molecule has 0 aromatic rings. The number of nitrogens with zero attached hydrogens (tertiary/aromatic N) is 1. The lowest BCUT2D eigenvalue weighted by Gasteiger charge is -2.36. The highest BCUT2D eigenvalue weighted by molar-refractivity contribution is 5.78. The largest absolute Gasteiger partial charge is 0.480 e. The second kappa shape index (κ2) is 7.22. The first kappa shape index (κ1) is 16.4. The average Bonchev–Trinajstić information content (AvgIpc) is 3.18. The van der Waals surface area contributed by atoms with Crippen LogP contribution < -0.4 is 5.32 Å². The zero-order valence-corrected chi connectivity index (χ0v) is 12.6. The molecule has 2 unspecified atom stereocenters. The predicted molar refractivity (Wildman–Crippen MR) is 75.4 cm³/mol. The quantitative estimate of drug-likeness (QED) is 0.625. The highest BCUT2D eigenvalue weighted by Gasteiger charge is 2.39. The first-order valence-electron chi connectivity index (χ1n) is 7.16. The molecular weight excluding hydrogens is 244 g/mol. The molecule has 0 radical (unpaired) electrons. The van der Waals surface area contributed by atoms with Gasteiger partial charge < -0.3 is 15.2 Å². The Bertz CT molecular complexity index is 294. The van der Waals surface area contributed by atoms with E-state index < -0.39 is 11.5 Å². The Morgan fingerprint density at radius 1 is 1.58 bits per heavy atom. The maximum absolute atomic E-state index is 11.5. The highest BCUT2D eigenvalue weighted by Crippen LogP contribution is 2.35. The summed E-state index contributed by atoms with van der Waals surface area (Å²) < 4.78 is 5.15. The molecule has 0 aromatic heterocycles. The van der Waals surface area contributed by atoms with E-state index in [4.69, 9.17) is 4.74 Å². The van der Waals surface area contributed by atoms with Gasteiger partial charge in [0.2, 0.25) is 0 Å². The lowest BCUT2D eigenvalue weighted by molar-refractivity contribution is -0.145. The molecule has 0 aromatic carbocycles. The van der Waals surface area contributed by atoms with Gasteiger partial charge in [-0.15, -0.1) is 0 Å². The van der Waals surface area contributed by atoms with Crippen molar-refractivity contribution in [2.24, 2.45) is 5.92 Å². The molecule has 5 nitrogen and oxygen atoms in total. The fourth-order valence-corrected chi connectivity index (χ4v) is 2.51. The van der Waals surface area contributed by atoms with Gasteiger partial charge in [0.25, 0.3) is 0 Å². The molecule has 1 rings (SSSR count). The molecule has 112 valence electrons. The Balaban J connectivity index is 2.69. The number of carboxylic acid groups (broad SMARTS) is 1. The Morgan fingerprint density at radius 2 is 2.21 bits per heavy atom. The average molecular weight is 272 g/mol. The number of hydrogen-bond acceptors (Lipinski definition) is 4. The summed E-state index contributed by atoms with van der Waals surface area (Å²) in [6.07, 6.45) is 2.52. The van der Waals surface area contributed by atoms with Crippen molar-refractivity contribution in [2.45, 2.75) is 45.2 Å². The Hall–Kier alpha value is -0.650. The molecule has 1 aliphatic rings. The number of carbonyl (C=O) groups is 1. The monoisotopic (exact) mass is 272 g/mol. The summed E-state index contributed by atoms with van der Waals surface area (Å²) in [6.45, 7) is 8.47. The molecule has 2 atom stereocenters. The summed E-state index contributed by atoms with van der Waals surface area (Å²) >= 11 is 0. The predicted octanol–water partition coefficient (Wildman–Crippen LogP) is 1.19. The molecule has 0 heterocycles. The van der Waals surface area contributed by atoms with Crippen molar-refractivity contribution in [3.05, 3.63) is 0 Å². The number of hydrogen-bond donors (Lipinski definition) is 2. The maximum atomic E-state index is 11.5. The molecule has 0 aliphatic heterocycles. The van der Waals surface area contributed by atoms with Crippen molar-refractivity contribution < 1.29 is 14.6 Å². The van der Waals surface area contributed by atoms with E-state index in [2.05, 4.69) is 17.1 Å². The summed E-state index contributed by atoms with van der Waals surface area (Å²) in [6, 6.07) is 0.424. The van der Waals surface area contributed by atoms with Gasteiger partial charge >= 0.3 is 5.97 Å². The summed E-state index contributed by atoms with van der Waals surface area (Å²) in [5, 5.41) is 12.6. The second-order valence-corrected chi connectivity index (χ2v) is 5.71. The second-order valence-electron chi connectivity index (χ2n) is 5.71. The van der Waals surface area contributed by atoms with Gasteiger partial charge in [0.1, 0.15) is 5.54 Å². The molecule has 2 N–H and O–H groups in total. The van der Waals surface area contributed by atoms with Gasteiger partial charge in [0.15, 0.2) is 0 Å². The maximum Gasteiger partial charge on any atom is 0.324 e. The SMILES string of the molecule is CCNC(C)(CN(CCOC)C(C)C1CC1)C(=O)O. The summed E-state index contributed by atoms with van der Waals surface area (Å²) in [5.41, 5.74) is -0.897. The molecule has 0 spiro atoms. The van der Waals surface area contributed by atoms with Gasteiger partial charge in [0, 0.05) is 26.2 Å². The molecule has 1 saturated carbocycles. The van der Waals surface area contributed by atoms with E-state index in [-0.39, 0.29) is 0 Å². The minimum Gasteiger partial charge on any atom is -0.480 e. The normalized spacial score (nSPS) is 20.3. The van der Waals surface area contributed by atoms with E-state index in [0.29, 0.717) is 25.7 Å². The van der Waals surface area contributed by atoms with E-state index in [0.717, 1.165) is 12.5 Å². The molecule has 19 heavy (non-hydrogen) atoms. The molecule has 1 fully saturated rings. The van der Waals surface area contributed by atoms with Crippen LogP contribution in [0.5, 0.6) is 0 Å². The van der Waals surface area contributed by atoms with E-state index in [1.54, 1.807) is 14.0 Å². The van der Waals surface area contributed by atoms with Crippen LogP contribution in [0.15, 0.2) is 0 Å². The fraction of sp³-hybridized carbons (Fsp3) is 0.929. The molecule has 5 heteroatoms. The van der Waals surface area contributed by atoms with E-state index in [9.17, 15) is 9.90 Å². The number of carboxylic acids is 1. The third kappa shape index (κ3) is 4.75. The number of likely N-dealkylation sites (N-methyl/N-ethyl adjacent to an activating group) is 1. The van der Waals surface area contributed by atoms with E-state index in [1.807, 2.05) is 6.92 Å². The molecule has 0 amide bonds. The van der Waals surface area contributed by atoms with Gasteiger partial charge in [0.05, 0.1) is 6.61 Å². The Kier molecular flexibility index (Phi) is 6.23. The number of rotatable bonds is 10. The minimum absolute atomic E-state index is 0.424. The van der Waals surface area contributed by atoms with Crippen molar-refractivity contribution in [1.82, 2.24) is 10.2 Å². The fourth-order valence-electron chi connectivity index (χ4n) is 2.51. The number of nitrogens with one attached hydrogen (secondary N) is 1. The van der Waals surface area contributed by atoms with Crippen LogP contribution in [0.4, 0.5) is 0 Å². The highest BCUT2D eigenvalue weighted by atomic mass is 16.5. The third-order valence-corrected chi connectivity index (χ3v) is 4.02. The molecule has 0 saturated heterocycles. The van der Waals surface area contributed by atoms with Crippen LogP contribution in [-0.4, -0.2) is 60.9 Å². The van der Waals surface area contributed by atoms with Crippen LogP contribution in [-0.2, 0) is 9.53 Å². The summed E-state index contributed by atoms with van der Waals surface area (Å²) in [4.78, 5) is 13.8. The lowest BCUT2D eigenvalue weighted by Crippen LogP contribution is -2.58. The standard InChI is InChI=1S/C14H28N2O3/c1-5-15-14(3,13(17)18)10-16(8-9-19-4)11(2)12-6-7-12/h11-12,15H,5-10H2,1-4H3,(H,17,18). The van der Waals surface area contributed by atoms with Crippen LogP contribution in [0, 0.1) is 5.92 Å². The molecular formula is C14H28N2O3. The lowest BCUT2D eigenvalue weighted by atomic mass is 10.00. The van der Waals surface area contributed by atoms with E-state index >= 15 is 0 Å². The van der Waals surface area contributed by atoms with E-state index in [1.165, 1.54) is 12.8 Å². The third-order valence-electron chi connectivity index (χ3n) is 4.02. The van der Waals surface area contributed by atoms with Crippen molar-refractivity contribution in [1.29, 1.82) is 0 Å². The van der Waals surface area contributed by atoms with Crippen LogP contribution >= 0.6 is 0 Å². The van der Waals surface area contributed by atoms with Crippen molar-refractivity contribution >= 4 is 5.97 Å². The van der Waals surface area contributed by atoms with Crippen molar-refractivity contribution in [2.75, 3.05) is 33.4 Å². The smallest absolute Gasteiger partial charge is 0.324 e. The Labute approximate surface area is 116 Å². The number of aliphatic carboxylic acids is 1. The number of ether oxygens (including phenoxy) is 1. The molecule has 0 bridgehead atoms. The van der Waals surface area contributed by atoms with Gasteiger partial charge in [-0.3, -0.25) is 9.69 Å². The minimum atomic E-state index is -0.897. The number of methoxy groups -OCH3 is 1.